The van der Waals surface area contributed by atoms with Crippen LogP contribution in [0.3, 0.4) is 0 Å². The maximum Gasteiger partial charge on any atom is 0.138 e. The first-order valence-electron chi connectivity index (χ1n) is 8.59. The average molecular weight is 313 g/mol. The minimum Gasteiger partial charge on any atom is -0.456 e. The molecule has 5 aromatic rings. The third-order valence-corrected chi connectivity index (χ3v) is 5.13. The summed E-state index contributed by atoms with van der Waals surface area (Å²) in [5, 5.41) is 4.98. The monoisotopic (exact) mass is 313 g/mol. The Morgan fingerprint density at radius 2 is 1.67 bits per heavy atom. The maximum atomic E-state index is 6.29. The number of aromatic nitrogens is 1. The van der Waals surface area contributed by atoms with E-state index in [4.69, 9.17) is 4.42 Å². The van der Waals surface area contributed by atoms with E-state index in [1.54, 1.807) is 0 Å². The van der Waals surface area contributed by atoms with Gasteiger partial charge in [-0.15, -0.1) is 0 Å². The molecule has 0 saturated carbocycles. The SMILES string of the molecule is CCCc1cccc2c1oc1cc3c4ccccc4n(C)c3cc12. The number of aryl methyl sites for hydroxylation is 2. The van der Waals surface area contributed by atoms with Crippen molar-refractivity contribution in [3.8, 4) is 0 Å². The van der Waals surface area contributed by atoms with Crippen molar-refractivity contribution < 1.29 is 4.42 Å². The lowest BCUT2D eigenvalue weighted by Gasteiger charge is -1.99. The Labute approximate surface area is 140 Å². The molecule has 0 aliphatic heterocycles. The smallest absolute Gasteiger partial charge is 0.138 e. The molecule has 0 unspecified atom stereocenters. The molecule has 118 valence electrons. The molecule has 0 radical (unpaired) electrons. The second-order valence-electron chi connectivity index (χ2n) is 6.59. The minimum absolute atomic E-state index is 0.984. The van der Waals surface area contributed by atoms with Crippen LogP contribution in [0.5, 0.6) is 0 Å². The van der Waals surface area contributed by atoms with E-state index in [2.05, 4.69) is 73.1 Å². The average Bonchev–Trinajstić information content (AvgIpc) is 3.11. The van der Waals surface area contributed by atoms with Crippen LogP contribution in [0.2, 0.25) is 0 Å². The zero-order valence-electron chi connectivity index (χ0n) is 14.0. The highest BCUT2D eigenvalue weighted by Crippen LogP contribution is 2.37. The Morgan fingerprint density at radius 1 is 0.833 bits per heavy atom. The normalized spacial score (nSPS) is 12.1. The Balaban J connectivity index is 1.95. The number of furan rings is 1. The Kier molecular flexibility index (Phi) is 2.78. The van der Waals surface area contributed by atoms with E-state index in [9.17, 15) is 0 Å². The van der Waals surface area contributed by atoms with Crippen molar-refractivity contribution in [3.63, 3.8) is 0 Å². The molecule has 2 heterocycles. The van der Waals surface area contributed by atoms with Crippen LogP contribution in [0.25, 0.3) is 43.7 Å². The number of para-hydroxylation sites is 2. The summed E-state index contributed by atoms with van der Waals surface area (Å²) in [7, 11) is 2.14. The standard InChI is InChI=1S/C22H19NO/c1-3-7-14-8-6-10-16-18-12-20-17(13-21(18)24-22(14)16)15-9-4-5-11-19(15)23(20)2/h4-6,8-13H,3,7H2,1-2H3. The van der Waals surface area contributed by atoms with Crippen LogP contribution >= 0.6 is 0 Å². The molecule has 0 saturated heterocycles. The molecule has 2 aromatic heterocycles. The summed E-state index contributed by atoms with van der Waals surface area (Å²) in [5.41, 5.74) is 5.86. The molecular weight excluding hydrogens is 294 g/mol. The lowest BCUT2D eigenvalue weighted by atomic mass is 10.0. The predicted molar refractivity (Wildman–Crippen MR) is 102 cm³/mol. The molecule has 0 amide bonds. The fourth-order valence-corrected chi connectivity index (χ4v) is 3.97. The van der Waals surface area contributed by atoms with E-state index in [0.717, 1.165) is 24.0 Å². The summed E-state index contributed by atoms with van der Waals surface area (Å²) >= 11 is 0. The molecule has 3 aromatic carbocycles. The van der Waals surface area contributed by atoms with Crippen molar-refractivity contribution >= 4 is 43.7 Å². The Morgan fingerprint density at radius 3 is 2.54 bits per heavy atom. The first-order valence-corrected chi connectivity index (χ1v) is 8.59. The molecule has 0 atom stereocenters. The molecule has 0 spiro atoms. The van der Waals surface area contributed by atoms with E-state index < -0.39 is 0 Å². The summed E-state index contributed by atoms with van der Waals surface area (Å²) in [4.78, 5) is 0. The molecular formula is C22H19NO. The third kappa shape index (κ3) is 1.71. The minimum atomic E-state index is 0.984. The lowest BCUT2D eigenvalue weighted by Crippen LogP contribution is -1.85. The van der Waals surface area contributed by atoms with Gasteiger partial charge in [0, 0.05) is 39.6 Å². The first-order chi connectivity index (χ1) is 11.8. The van der Waals surface area contributed by atoms with Crippen LogP contribution in [0.15, 0.2) is 59.0 Å². The van der Waals surface area contributed by atoms with Crippen LogP contribution in [0.1, 0.15) is 18.9 Å². The zero-order valence-corrected chi connectivity index (χ0v) is 14.0. The number of hydrogen-bond acceptors (Lipinski definition) is 1. The Bertz CT molecular complexity index is 1220. The second-order valence-corrected chi connectivity index (χ2v) is 6.59. The van der Waals surface area contributed by atoms with Gasteiger partial charge < -0.3 is 8.98 Å². The molecule has 0 aliphatic rings. The van der Waals surface area contributed by atoms with Crippen LogP contribution in [-0.2, 0) is 13.5 Å². The quantitative estimate of drug-likeness (QED) is 0.380. The van der Waals surface area contributed by atoms with E-state index in [0.29, 0.717) is 0 Å². The number of fused-ring (bicyclic) bond motifs is 6. The van der Waals surface area contributed by atoms with Crippen molar-refractivity contribution in [2.24, 2.45) is 7.05 Å². The van der Waals surface area contributed by atoms with Gasteiger partial charge in [-0.25, -0.2) is 0 Å². The van der Waals surface area contributed by atoms with Gasteiger partial charge in [-0.05, 0) is 30.2 Å². The first kappa shape index (κ1) is 13.7. The molecule has 2 nitrogen and oxygen atoms in total. The highest BCUT2D eigenvalue weighted by atomic mass is 16.3. The molecule has 0 N–H and O–H groups in total. The third-order valence-electron chi connectivity index (χ3n) is 5.13. The van der Waals surface area contributed by atoms with Gasteiger partial charge in [-0.2, -0.15) is 0 Å². The molecule has 2 heteroatoms. The number of benzene rings is 3. The van der Waals surface area contributed by atoms with Gasteiger partial charge in [0.05, 0.1) is 0 Å². The maximum absolute atomic E-state index is 6.29. The fourth-order valence-electron chi connectivity index (χ4n) is 3.97. The predicted octanol–water partition coefficient (Wildman–Crippen LogP) is 6.18. The van der Waals surface area contributed by atoms with Crippen molar-refractivity contribution in [2.75, 3.05) is 0 Å². The van der Waals surface area contributed by atoms with E-state index in [-0.39, 0.29) is 0 Å². The molecule has 0 aliphatic carbocycles. The number of rotatable bonds is 2. The van der Waals surface area contributed by atoms with E-state index >= 15 is 0 Å². The molecule has 0 bridgehead atoms. The fraction of sp³-hybridized carbons (Fsp3) is 0.182. The van der Waals surface area contributed by atoms with Gasteiger partial charge in [-0.3, -0.25) is 0 Å². The van der Waals surface area contributed by atoms with Crippen molar-refractivity contribution in [2.45, 2.75) is 19.8 Å². The summed E-state index contributed by atoms with van der Waals surface area (Å²) in [6.07, 6.45) is 2.18. The van der Waals surface area contributed by atoms with Crippen molar-refractivity contribution in [1.29, 1.82) is 0 Å². The van der Waals surface area contributed by atoms with Gasteiger partial charge >= 0.3 is 0 Å². The summed E-state index contributed by atoms with van der Waals surface area (Å²) < 4.78 is 8.57. The molecule has 0 fully saturated rings. The van der Waals surface area contributed by atoms with E-state index in [1.807, 2.05) is 0 Å². The Hall–Kier alpha value is -2.74. The highest BCUT2D eigenvalue weighted by molar-refractivity contribution is 6.16. The van der Waals surface area contributed by atoms with Crippen molar-refractivity contribution in [3.05, 3.63) is 60.2 Å². The topological polar surface area (TPSA) is 18.1 Å². The summed E-state index contributed by atoms with van der Waals surface area (Å²) in [6.45, 7) is 2.21. The van der Waals surface area contributed by atoms with Crippen LogP contribution in [0, 0.1) is 0 Å². The largest absolute Gasteiger partial charge is 0.456 e. The van der Waals surface area contributed by atoms with Crippen LogP contribution in [0.4, 0.5) is 0 Å². The van der Waals surface area contributed by atoms with Gasteiger partial charge in [0.2, 0.25) is 0 Å². The van der Waals surface area contributed by atoms with Gasteiger partial charge in [0.25, 0.3) is 0 Å². The van der Waals surface area contributed by atoms with E-state index in [1.165, 1.54) is 38.1 Å². The van der Waals surface area contributed by atoms with Gasteiger partial charge in [-0.1, -0.05) is 49.7 Å². The molecule has 5 rings (SSSR count). The van der Waals surface area contributed by atoms with Gasteiger partial charge in [0.15, 0.2) is 0 Å². The summed E-state index contributed by atoms with van der Waals surface area (Å²) in [5.74, 6) is 0. The van der Waals surface area contributed by atoms with Gasteiger partial charge in [0.1, 0.15) is 11.2 Å². The number of nitrogens with zero attached hydrogens (tertiary/aromatic N) is 1. The number of hydrogen-bond donors (Lipinski definition) is 0. The zero-order chi connectivity index (χ0) is 16.3. The van der Waals surface area contributed by atoms with Crippen LogP contribution < -0.4 is 0 Å². The summed E-state index contributed by atoms with van der Waals surface area (Å²) in [6, 6.07) is 19.6. The second kappa shape index (κ2) is 4.88. The van der Waals surface area contributed by atoms with Crippen LogP contribution in [-0.4, -0.2) is 4.57 Å². The van der Waals surface area contributed by atoms with Crippen molar-refractivity contribution in [1.82, 2.24) is 4.57 Å². The highest BCUT2D eigenvalue weighted by Gasteiger charge is 2.14. The lowest BCUT2D eigenvalue weighted by molar-refractivity contribution is 0.661. The molecule has 24 heavy (non-hydrogen) atoms.